The molecule has 2 aromatic rings. The highest BCUT2D eigenvalue weighted by molar-refractivity contribution is 6.03. The lowest BCUT2D eigenvalue weighted by Crippen LogP contribution is -2.45. The van der Waals surface area contributed by atoms with Crippen molar-refractivity contribution in [2.24, 2.45) is 10.7 Å². The first-order valence-corrected chi connectivity index (χ1v) is 8.26. The van der Waals surface area contributed by atoms with Crippen LogP contribution >= 0.6 is 0 Å². The number of nitrogens with two attached hydrogens (primary N) is 1. The third-order valence-corrected chi connectivity index (χ3v) is 4.38. The van der Waals surface area contributed by atoms with Gasteiger partial charge in [-0.25, -0.2) is 26.9 Å². The molecule has 3 N–H and O–H groups in total. The SMILES string of the molecule is CC1(c2cc(NC(=O)c3ncc(F)cc3F)ccc2F)N=C(N)COCC1(F)F. The Bertz CT molecular complexity index is 998. The number of anilines is 1. The number of rotatable bonds is 3. The number of hydrogen-bond acceptors (Lipinski definition) is 5. The number of hydrogen-bond donors (Lipinski definition) is 2. The van der Waals surface area contributed by atoms with Gasteiger partial charge >= 0.3 is 0 Å². The quantitative estimate of drug-likeness (QED) is 0.756. The topological polar surface area (TPSA) is 89.6 Å². The van der Waals surface area contributed by atoms with E-state index in [9.17, 15) is 26.7 Å². The number of benzene rings is 1. The largest absolute Gasteiger partial charge is 0.385 e. The fraction of sp³-hybridized carbons (Fsp3) is 0.278. The van der Waals surface area contributed by atoms with Crippen LogP contribution in [0.15, 0.2) is 35.5 Å². The highest BCUT2D eigenvalue weighted by Crippen LogP contribution is 2.44. The third-order valence-electron chi connectivity index (χ3n) is 4.38. The summed E-state index contributed by atoms with van der Waals surface area (Å²) in [6.45, 7) is -0.410. The molecule has 1 atom stereocenters. The van der Waals surface area contributed by atoms with E-state index in [4.69, 9.17) is 10.5 Å². The molecule has 29 heavy (non-hydrogen) atoms. The van der Waals surface area contributed by atoms with E-state index in [2.05, 4.69) is 15.3 Å². The van der Waals surface area contributed by atoms with E-state index < -0.39 is 52.7 Å². The number of carbonyl (C=O) groups is 1. The molecule has 0 spiro atoms. The van der Waals surface area contributed by atoms with Crippen molar-refractivity contribution < 1.29 is 31.5 Å². The van der Waals surface area contributed by atoms with Crippen molar-refractivity contribution >= 4 is 17.4 Å². The lowest BCUT2D eigenvalue weighted by atomic mass is 9.85. The summed E-state index contributed by atoms with van der Waals surface area (Å²) < 4.78 is 75.2. The van der Waals surface area contributed by atoms with Crippen LogP contribution in [0.3, 0.4) is 0 Å². The summed E-state index contributed by atoms with van der Waals surface area (Å²) in [4.78, 5) is 19.3. The number of alkyl halides is 2. The molecule has 1 aromatic carbocycles. The molecule has 1 amide bonds. The Morgan fingerprint density at radius 2 is 1.93 bits per heavy atom. The van der Waals surface area contributed by atoms with E-state index in [0.29, 0.717) is 12.3 Å². The van der Waals surface area contributed by atoms with Crippen molar-refractivity contribution in [3.8, 4) is 0 Å². The molecule has 0 saturated heterocycles. The number of nitrogens with zero attached hydrogens (tertiary/aromatic N) is 2. The minimum absolute atomic E-state index is 0.132. The second kappa shape index (κ2) is 7.39. The first kappa shape index (κ1) is 20.6. The zero-order valence-electron chi connectivity index (χ0n) is 15.0. The second-order valence-corrected chi connectivity index (χ2v) is 6.51. The molecule has 0 radical (unpaired) electrons. The molecule has 3 rings (SSSR count). The summed E-state index contributed by atoms with van der Waals surface area (Å²) in [5, 5.41) is 2.21. The van der Waals surface area contributed by atoms with E-state index in [1.54, 1.807) is 0 Å². The van der Waals surface area contributed by atoms with Gasteiger partial charge in [0.2, 0.25) is 0 Å². The molecule has 0 saturated carbocycles. The third kappa shape index (κ3) is 3.90. The van der Waals surface area contributed by atoms with Crippen molar-refractivity contribution in [3.63, 3.8) is 0 Å². The molecule has 0 bridgehead atoms. The Balaban J connectivity index is 2.00. The number of amidine groups is 1. The van der Waals surface area contributed by atoms with Gasteiger partial charge in [-0.2, -0.15) is 0 Å². The highest BCUT2D eigenvalue weighted by Gasteiger charge is 2.54. The van der Waals surface area contributed by atoms with Crippen LogP contribution in [0, 0.1) is 17.5 Å². The maximum absolute atomic E-state index is 14.7. The van der Waals surface area contributed by atoms with Gasteiger partial charge in [-0.15, -0.1) is 0 Å². The van der Waals surface area contributed by atoms with Crippen LogP contribution in [-0.2, 0) is 10.3 Å². The molecule has 1 unspecified atom stereocenters. The van der Waals surface area contributed by atoms with Gasteiger partial charge in [0.25, 0.3) is 11.8 Å². The van der Waals surface area contributed by atoms with Gasteiger partial charge in [-0.3, -0.25) is 9.79 Å². The monoisotopic (exact) mass is 414 g/mol. The summed E-state index contributed by atoms with van der Waals surface area (Å²) in [7, 11) is 0. The number of aliphatic imine (C=N–C) groups is 1. The second-order valence-electron chi connectivity index (χ2n) is 6.51. The van der Waals surface area contributed by atoms with E-state index in [0.717, 1.165) is 25.1 Å². The predicted octanol–water partition coefficient (Wildman–Crippen LogP) is 2.99. The van der Waals surface area contributed by atoms with E-state index in [1.807, 2.05) is 0 Å². The zero-order valence-corrected chi connectivity index (χ0v) is 15.0. The Morgan fingerprint density at radius 1 is 1.21 bits per heavy atom. The predicted molar refractivity (Wildman–Crippen MR) is 93.2 cm³/mol. The molecule has 154 valence electrons. The number of carbonyl (C=O) groups excluding carboxylic acids is 1. The van der Waals surface area contributed by atoms with Crippen molar-refractivity contribution in [2.45, 2.75) is 18.4 Å². The molecular formula is C18H15F5N4O2. The Labute approximate surface area is 161 Å². The average molecular weight is 414 g/mol. The molecular weight excluding hydrogens is 399 g/mol. The summed E-state index contributed by atoms with van der Waals surface area (Å²) in [5.74, 6) is -8.18. The number of ether oxygens (including phenoxy) is 1. The first-order chi connectivity index (χ1) is 13.5. The number of amides is 1. The summed E-state index contributed by atoms with van der Waals surface area (Å²) >= 11 is 0. The van der Waals surface area contributed by atoms with Crippen molar-refractivity contribution in [1.29, 1.82) is 0 Å². The Morgan fingerprint density at radius 3 is 2.62 bits per heavy atom. The fourth-order valence-electron chi connectivity index (χ4n) is 2.83. The molecule has 0 aliphatic carbocycles. The minimum atomic E-state index is -3.62. The fourth-order valence-corrected chi connectivity index (χ4v) is 2.83. The van der Waals surface area contributed by atoms with Gasteiger partial charge in [0.05, 0.1) is 6.20 Å². The Hall–Kier alpha value is -3.08. The van der Waals surface area contributed by atoms with Gasteiger partial charge in [0.15, 0.2) is 17.1 Å². The van der Waals surface area contributed by atoms with E-state index >= 15 is 0 Å². The zero-order chi connectivity index (χ0) is 21.4. The summed E-state index contributed by atoms with van der Waals surface area (Å²) in [6, 6.07) is 3.32. The molecule has 0 fully saturated rings. The van der Waals surface area contributed by atoms with Crippen molar-refractivity contribution in [3.05, 3.63) is 59.2 Å². The number of pyridine rings is 1. The number of halogens is 5. The van der Waals surface area contributed by atoms with Crippen LogP contribution in [0.2, 0.25) is 0 Å². The maximum Gasteiger partial charge on any atom is 0.299 e. The van der Waals surface area contributed by atoms with Gasteiger partial charge in [0.1, 0.15) is 30.7 Å². The molecule has 1 aliphatic rings. The van der Waals surface area contributed by atoms with E-state index in [-0.39, 0.29) is 18.1 Å². The first-order valence-electron chi connectivity index (χ1n) is 8.26. The highest BCUT2D eigenvalue weighted by atomic mass is 19.3. The van der Waals surface area contributed by atoms with Crippen LogP contribution in [-0.4, -0.2) is 35.9 Å². The standard InChI is InChI=1S/C18H15F5N4O2/c1-17(18(22,23)8-29-7-14(24)27-17)11-5-10(2-3-12(11)20)26-16(28)15-13(21)4-9(19)6-25-15/h2-6H,7-8H2,1H3,(H2,24,27)(H,26,28). The summed E-state index contributed by atoms with van der Waals surface area (Å²) in [5.41, 5.74) is 1.73. The minimum Gasteiger partial charge on any atom is -0.385 e. The number of nitrogens with one attached hydrogen (secondary N) is 1. The lowest BCUT2D eigenvalue weighted by Gasteiger charge is -2.33. The molecule has 6 nitrogen and oxygen atoms in total. The normalized spacial score (nSPS) is 21.2. The van der Waals surface area contributed by atoms with Crippen molar-refractivity contribution in [2.75, 3.05) is 18.5 Å². The van der Waals surface area contributed by atoms with Crippen LogP contribution < -0.4 is 11.1 Å². The van der Waals surface area contributed by atoms with Gasteiger partial charge in [-0.1, -0.05) is 0 Å². The Kier molecular flexibility index (Phi) is 5.26. The summed E-state index contributed by atoms with van der Waals surface area (Å²) in [6.07, 6.45) is 0.638. The van der Waals surface area contributed by atoms with Gasteiger partial charge < -0.3 is 15.8 Å². The van der Waals surface area contributed by atoms with Gasteiger partial charge in [0, 0.05) is 17.3 Å². The molecule has 1 aromatic heterocycles. The average Bonchev–Trinajstić information content (AvgIpc) is 2.72. The molecule has 2 heterocycles. The van der Waals surface area contributed by atoms with Crippen LogP contribution in [0.25, 0.3) is 0 Å². The van der Waals surface area contributed by atoms with Gasteiger partial charge in [-0.05, 0) is 25.1 Å². The lowest BCUT2D eigenvalue weighted by molar-refractivity contribution is -0.116. The van der Waals surface area contributed by atoms with Crippen LogP contribution in [0.4, 0.5) is 27.6 Å². The molecule has 11 heteroatoms. The van der Waals surface area contributed by atoms with E-state index in [1.165, 1.54) is 0 Å². The van der Waals surface area contributed by atoms with Crippen LogP contribution in [0.5, 0.6) is 0 Å². The van der Waals surface area contributed by atoms with Crippen molar-refractivity contribution in [1.82, 2.24) is 4.98 Å². The molecule has 1 aliphatic heterocycles. The number of aromatic nitrogens is 1. The smallest absolute Gasteiger partial charge is 0.299 e. The maximum atomic E-state index is 14.7. The van der Waals surface area contributed by atoms with Crippen LogP contribution in [0.1, 0.15) is 23.0 Å².